The van der Waals surface area contributed by atoms with Crippen LogP contribution in [0, 0.1) is 24.6 Å². The molecule has 1 aliphatic heterocycles. The van der Waals surface area contributed by atoms with Crippen molar-refractivity contribution in [3.63, 3.8) is 0 Å². The van der Waals surface area contributed by atoms with E-state index in [9.17, 15) is 22.8 Å². The van der Waals surface area contributed by atoms with Gasteiger partial charge in [0.25, 0.3) is 5.91 Å². The van der Waals surface area contributed by atoms with E-state index in [-0.39, 0.29) is 34.3 Å². The number of amides is 2. The molecule has 216 valence electrons. The zero-order chi connectivity index (χ0) is 29.7. The van der Waals surface area contributed by atoms with Gasteiger partial charge in [0.15, 0.2) is 11.6 Å². The molecule has 2 fully saturated rings. The van der Waals surface area contributed by atoms with Gasteiger partial charge in [0.05, 0.1) is 64.2 Å². The molecule has 3 atom stereocenters. The highest BCUT2D eigenvalue weighted by Crippen LogP contribution is 2.47. The van der Waals surface area contributed by atoms with Gasteiger partial charge >= 0.3 is 6.61 Å². The lowest BCUT2D eigenvalue weighted by Crippen LogP contribution is -2.30. The number of fused-ring (bicyclic) bond motifs is 1. The first-order valence-electron chi connectivity index (χ1n) is 12.9. The molecule has 3 aromatic heterocycles. The third-order valence-corrected chi connectivity index (χ3v) is 7.49. The molecule has 1 aromatic carbocycles. The minimum atomic E-state index is -3.23. The summed E-state index contributed by atoms with van der Waals surface area (Å²) in [6, 6.07) is 1.78. The molecule has 4 aromatic rings. The molecule has 0 radical (unpaired) electrons. The third kappa shape index (κ3) is 5.13. The Labute approximate surface area is 241 Å². The molecule has 42 heavy (non-hydrogen) atoms. The fraction of sp³-hybridized carbons (Fsp3) is 0.296. The van der Waals surface area contributed by atoms with Crippen molar-refractivity contribution in [3.05, 3.63) is 71.0 Å². The van der Waals surface area contributed by atoms with Gasteiger partial charge in [0, 0.05) is 18.7 Å². The molecule has 2 aliphatic rings. The van der Waals surface area contributed by atoms with Crippen molar-refractivity contribution in [2.24, 2.45) is 11.8 Å². The summed E-state index contributed by atoms with van der Waals surface area (Å²) in [7, 11) is 0. The van der Waals surface area contributed by atoms with E-state index < -0.39 is 29.6 Å². The van der Waals surface area contributed by atoms with Crippen molar-refractivity contribution < 1.29 is 27.5 Å². The number of carbonyl (C=O) groups excluding carboxylic acids is 2. The molecule has 1 saturated heterocycles. The highest BCUT2D eigenvalue weighted by Gasteiger charge is 2.53. The second-order valence-corrected chi connectivity index (χ2v) is 10.4. The van der Waals surface area contributed by atoms with Gasteiger partial charge in [-0.2, -0.15) is 13.9 Å². The largest absolute Gasteiger partial charge is 0.434 e. The number of hydrogen-bond acceptors (Lipinski definition) is 8. The number of nitrogens with zero attached hydrogens (tertiary/aromatic N) is 7. The normalized spacial score (nSPS) is 18.3. The Morgan fingerprint density at radius 2 is 2.00 bits per heavy atom. The van der Waals surface area contributed by atoms with E-state index in [2.05, 4.69) is 35.1 Å². The van der Waals surface area contributed by atoms with Gasteiger partial charge in [0.2, 0.25) is 5.91 Å². The Morgan fingerprint density at radius 1 is 1.19 bits per heavy atom. The number of alkyl halides is 2. The van der Waals surface area contributed by atoms with Crippen molar-refractivity contribution in [1.82, 2.24) is 29.7 Å². The van der Waals surface area contributed by atoms with Crippen molar-refractivity contribution in [1.29, 1.82) is 0 Å². The summed E-state index contributed by atoms with van der Waals surface area (Å²) in [5, 5.41) is 6.59. The van der Waals surface area contributed by atoms with Crippen molar-refractivity contribution in [2.75, 3.05) is 16.8 Å². The number of carbonyl (C=O) groups is 2. The SMILES string of the molecule is Cc1nc(C(C)n2cc(NC(=O)c3cncc(-c4c(OC(F)F)ccc(Cl)c4F)n3)cn2)cnc1N1C[C@H]2C[C@H]2C1=O. The van der Waals surface area contributed by atoms with Crippen LogP contribution < -0.4 is 15.0 Å². The Balaban J connectivity index is 1.18. The molecule has 4 heterocycles. The summed E-state index contributed by atoms with van der Waals surface area (Å²) in [5.41, 5.74) is 0.650. The van der Waals surface area contributed by atoms with Crippen LogP contribution in [0.5, 0.6) is 5.75 Å². The van der Waals surface area contributed by atoms with E-state index in [1.165, 1.54) is 6.20 Å². The van der Waals surface area contributed by atoms with Gasteiger partial charge in [-0.1, -0.05) is 11.6 Å². The van der Waals surface area contributed by atoms with Crippen LogP contribution in [0.1, 0.15) is 41.3 Å². The predicted molar refractivity (Wildman–Crippen MR) is 144 cm³/mol. The maximum Gasteiger partial charge on any atom is 0.387 e. The predicted octanol–water partition coefficient (Wildman–Crippen LogP) is 4.68. The quantitative estimate of drug-likeness (QED) is 0.310. The van der Waals surface area contributed by atoms with E-state index in [4.69, 9.17) is 11.6 Å². The molecule has 1 unspecified atom stereocenters. The Kier molecular flexibility index (Phi) is 7.01. The Morgan fingerprint density at radius 3 is 2.71 bits per heavy atom. The lowest BCUT2D eigenvalue weighted by molar-refractivity contribution is -0.118. The molecule has 0 spiro atoms. The molecular weight excluding hydrogens is 577 g/mol. The molecular formula is C27H22ClF3N8O3. The lowest BCUT2D eigenvalue weighted by atomic mass is 10.1. The van der Waals surface area contributed by atoms with Crippen LogP contribution in [0.15, 0.2) is 43.1 Å². The van der Waals surface area contributed by atoms with Gasteiger partial charge in [-0.05, 0) is 38.3 Å². The number of piperidine rings is 1. The summed E-state index contributed by atoms with van der Waals surface area (Å²) in [6.45, 7) is 1.10. The van der Waals surface area contributed by atoms with Crippen LogP contribution in [-0.4, -0.2) is 54.7 Å². The number of rotatable bonds is 8. The molecule has 11 nitrogen and oxygen atoms in total. The Hall–Kier alpha value is -4.59. The fourth-order valence-electron chi connectivity index (χ4n) is 4.93. The molecule has 15 heteroatoms. The summed E-state index contributed by atoms with van der Waals surface area (Å²) < 4.78 is 46.5. The molecule has 1 aliphatic carbocycles. The first kappa shape index (κ1) is 27.6. The number of aryl methyl sites for hydroxylation is 1. The minimum absolute atomic E-state index is 0.0977. The Bertz CT molecular complexity index is 1720. The fourth-order valence-corrected chi connectivity index (χ4v) is 5.09. The number of hydrogen-bond donors (Lipinski definition) is 1. The highest BCUT2D eigenvalue weighted by atomic mass is 35.5. The van der Waals surface area contributed by atoms with Crippen LogP contribution in [0.3, 0.4) is 0 Å². The minimum Gasteiger partial charge on any atom is -0.434 e. The highest BCUT2D eigenvalue weighted by molar-refractivity contribution is 6.31. The number of halogens is 4. The molecule has 6 rings (SSSR count). The van der Waals surface area contributed by atoms with Gasteiger partial charge in [0.1, 0.15) is 11.4 Å². The van der Waals surface area contributed by atoms with E-state index in [0.29, 0.717) is 35.4 Å². The number of anilines is 2. The molecule has 1 saturated carbocycles. The average Bonchev–Trinajstić information content (AvgIpc) is 3.46. The van der Waals surface area contributed by atoms with Crippen molar-refractivity contribution >= 4 is 34.9 Å². The standard InChI is InChI=1S/C27H22ClF3N8O3/c1-12-24(38-10-14-5-16(14)26(38)41)33-9-18(35-12)13(2)39-11-15(6-34-39)36-25(40)20-8-32-7-19(37-20)22-21(42-27(30)31)4-3-17(28)23(22)29/h3-4,6-9,11,13-14,16,27H,5,10H2,1-2H3,(H,36,40)/t13?,14-,16-/m1/s1. The molecule has 2 amide bonds. The summed E-state index contributed by atoms with van der Waals surface area (Å²) in [4.78, 5) is 44.2. The summed E-state index contributed by atoms with van der Waals surface area (Å²) in [5.74, 6) is -1.07. The number of aromatic nitrogens is 6. The lowest BCUT2D eigenvalue weighted by Gasteiger charge is -2.20. The third-order valence-electron chi connectivity index (χ3n) is 7.20. The van der Waals surface area contributed by atoms with Crippen LogP contribution in [0.2, 0.25) is 5.02 Å². The second kappa shape index (κ2) is 10.7. The van der Waals surface area contributed by atoms with Crippen LogP contribution in [0.25, 0.3) is 11.3 Å². The second-order valence-electron chi connectivity index (χ2n) is 10.00. The maximum atomic E-state index is 14.8. The van der Waals surface area contributed by atoms with Gasteiger partial charge in [-0.3, -0.25) is 29.1 Å². The molecule has 1 N–H and O–H groups in total. The summed E-state index contributed by atoms with van der Waals surface area (Å²) in [6.07, 6.45) is 7.78. The summed E-state index contributed by atoms with van der Waals surface area (Å²) >= 11 is 5.83. The van der Waals surface area contributed by atoms with E-state index in [0.717, 1.165) is 30.9 Å². The zero-order valence-electron chi connectivity index (χ0n) is 22.1. The number of ether oxygens (including phenoxy) is 1. The van der Waals surface area contributed by atoms with Gasteiger partial charge in [-0.25, -0.2) is 14.4 Å². The van der Waals surface area contributed by atoms with Gasteiger partial charge < -0.3 is 10.1 Å². The number of benzene rings is 1. The van der Waals surface area contributed by atoms with E-state index in [1.807, 2.05) is 6.92 Å². The molecule has 0 bridgehead atoms. The smallest absolute Gasteiger partial charge is 0.387 e. The van der Waals surface area contributed by atoms with Crippen LogP contribution in [-0.2, 0) is 4.79 Å². The van der Waals surface area contributed by atoms with Crippen molar-refractivity contribution in [3.8, 4) is 17.0 Å². The first-order valence-corrected chi connectivity index (χ1v) is 13.2. The van der Waals surface area contributed by atoms with E-state index >= 15 is 0 Å². The van der Waals surface area contributed by atoms with Crippen molar-refractivity contribution in [2.45, 2.75) is 32.9 Å². The van der Waals surface area contributed by atoms with Gasteiger partial charge in [-0.15, -0.1) is 0 Å². The maximum absolute atomic E-state index is 14.8. The topological polar surface area (TPSA) is 128 Å². The van der Waals surface area contributed by atoms with E-state index in [1.54, 1.807) is 28.9 Å². The first-order chi connectivity index (χ1) is 20.1. The number of nitrogens with one attached hydrogen (secondary N) is 1. The van der Waals surface area contributed by atoms with Crippen LogP contribution in [0.4, 0.5) is 24.7 Å². The van der Waals surface area contributed by atoms with Crippen LogP contribution >= 0.6 is 11.6 Å². The zero-order valence-corrected chi connectivity index (χ0v) is 22.9. The monoisotopic (exact) mass is 598 g/mol. The average molecular weight is 599 g/mol.